The second-order valence-corrected chi connectivity index (χ2v) is 10.8. The maximum atomic E-state index is 13.1. The lowest BCUT2D eigenvalue weighted by Gasteiger charge is -2.16. The van der Waals surface area contributed by atoms with E-state index in [-0.39, 0.29) is 41.5 Å². The minimum atomic E-state index is -3.89. The van der Waals surface area contributed by atoms with Crippen molar-refractivity contribution >= 4 is 39.1 Å². The van der Waals surface area contributed by atoms with Crippen LogP contribution in [0.25, 0.3) is 0 Å². The first-order chi connectivity index (χ1) is 16.6. The van der Waals surface area contributed by atoms with Crippen LogP contribution in [0.2, 0.25) is 0 Å². The number of imide groups is 1. The van der Waals surface area contributed by atoms with E-state index in [0.717, 1.165) is 11.1 Å². The number of hydrogen-bond donors (Lipinski definition) is 2. The summed E-state index contributed by atoms with van der Waals surface area (Å²) in [5.41, 5.74) is 3.17. The summed E-state index contributed by atoms with van der Waals surface area (Å²) < 4.78 is 28.8. The number of amides is 3. The van der Waals surface area contributed by atoms with Crippen LogP contribution in [0.1, 0.15) is 36.0 Å². The van der Waals surface area contributed by atoms with Gasteiger partial charge in [0.1, 0.15) is 0 Å². The number of nitrogens with one attached hydrogen (secondary N) is 2. The Kier molecular flexibility index (Phi) is 6.80. The fourth-order valence-corrected chi connectivity index (χ4v) is 6.02. The highest BCUT2D eigenvalue weighted by Gasteiger charge is 2.46. The molecule has 9 heteroatoms. The van der Waals surface area contributed by atoms with E-state index in [9.17, 15) is 22.8 Å². The van der Waals surface area contributed by atoms with Crippen molar-refractivity contribution in [2.45, 2.75) is 44.9 Å². The van der Waals surface area contributed by atoms with Gasteiger partial charge in [0.05, 0.1) is 22.4 Å². The van der Waals surface area contributed by atoms with Crippen molar-refractivity contribution in [3.05, 3.63) is 65.2 Å². The number of nitrogens with zero attached hydrogens (tertiary/aromatic N) is 1. The summed E-state index contributed by atoms with van der Waals surface area (Å²) in [5.74, 6) is -1.51. The number of carbonyl (C=O) groups is 3. The highest BCUT2D eigenvalue weighted by Crippen LogP contribution is 2.35. The molecule has 4 rings (SSSR count). The third kappa shape index (κ3) is 5.14. The summed E-state index contributed by atoms with van der Waals surface area (Å²) in [6.07, 6.45) is 4.87. The number of anilines is 2. The Bertz CT molecular complexity index is 1310. The van der Waals surface area contributed by atoms with Crippen molar-refractivity contribution in [3.63, 3.8) is 0 Å². The topological polar surface area (TPSA) is 113 Å². The van der Waals surface area contributed by atoms with Gasteiger partial charge in [0.2, 0.25) is 17.7 Å². The lowest BCUT2D eigenvalue weighted by molar-refractivity contribution is -0.140. The summed E-state index contributed by atoms with van der Waals surface area (Å²) in [5, 5.41) is 2.69. The van der Waals surface area contributed by atoms with Crippen LogP contribution in [0.5, 0.6) is 0 Å². The fraction of sp³-hybridized carbons (Fsp3) is 0.346. The number of carbonyl (C=O) groups excluding carboxylic acids is 3. The van der Waals surface area contributed by atoms with Crippen LogP contribution in [-0.4, -0.2) is 37.6 Å². The summed E-state index contributed by atoms with van der Waals surface area (Å²) in [4.78, 5) is 39.0. The Morgan fingerprint density at radius 3 is 2.23 bits per heavy atom. The fourth-order valence-electron chi connectivity index (χ4n) is 4.62. The first-order valence-electron chi connectivity index (χ1n) is 11.6. The highest BCUT2D eigenvalue weighted by atomic mass is 32.2. The van der Waals surface area contributed by atoms with E-state index in [1.54, 1.807) is 25.1 Å². The molecule has 0 saturated carbocycles. The smallest absolute Gasteiger partial charge is 0.262 e. The number of fused-ring (bicyclic) bond motifs is 1. The first-order valence-corrected chi connectivity index (χ1v) is 13.1. The molecule has 3 amide bonds. The standard InChI is InChI=1S/C26H29N3O5S/c1-16-8-11-22(18(3)14-16)28-35(33,34)23-15-19(10-9-17(23)2)27-24(30)12-13-29-25(31)20-6-4-5-7-21(20)26(29)32/h4-5,8-11,14-15,20-21,28H,6-7,12-13H2,1-3H3,(H,27,30)/t20-,21-/m1/s1. The van der Waals surface area contributed by atoms with Gasteiger partial charge in [0.15, 0.2) is 0 Å². The van der Waals surface area contributed by atoms with Gasteiger partial charge in [0.25, 0.3) is 10.0 Å². The summed E-state index contributed by atoms with van der Waals surface area (Å²) in [7, 11) is -3.89. The average Bonchev–Trinajstić information content (AvgIpc) is 3.05. The molecule has 0 radical (unpaired) electrons. The van der Waals surface area contributed by atoms with Gasteiger partial charge in [-0.3, -0.25) is 24.0 Å². The lowest BCUT2D eigenvalue weighted by atomic mass is 9.85. The zero-order valence-corrected chi connectivity index (χ0v) is 20.8. The second-order valence-electron chi connectivity index (χ2n) is 9.19. The number of allylic oxidation sites excluding steroid dienone is 2. The molecule has 2 N–H and O–H groups in total. The van der Waals surface area contributed by atoms with E-state index in [2.05, 4.69) is 10.0 Å². The van der Waals surface area contributed by atoms with Crippen LogP contribution in [0.4, 0.5) is 11.4 Å². The normalized spacial score (nSPS) is 19.6. The molecule has 2 atom stereocenters. The van der Waals surface area contributed by atoms with Gasteiger partial charge in [-0.05, 0) is 62.9 Å². The van der Waals surface area contributed by atoms with Gasteiger partial charge in [0, 0.05) is 18.7 Å². The molecule has 0 unspecified atom stereocenters. The number of hydrogen-bond acceptors (Lipinski definition) is 5. The molecule has 8 nitrogen and oxygen atoms in total. The molecule has 0 aromatic heterocycles. The Morgan fingerprint density at radius 1 is 0.943 bits per heavy atom. The van der Waals surface area contributed by atoms with E-state index in [1.807, 2.05) is 38.1 Å². The number of rotatable bonds is 7. The van der Waals surface area contributed by atoms with Crippen LogP contribution in [0.3, 0.4) is 0 Å². The molecular weight excluding hydrogens is 466 g/mol. The van der Waals surface area contributed by atoms with E-state index in [4.69, 9.17) is 0 Å². The largest absolute Gasteiger partial charge is 0.326 e. The molecule has 0 spiro atoms. The van der Waals surface area contributed by atoms with Crippen molar-refractivity contribution in [1.82, 2.24) is 4.90 Å². The molecule has 35 heavy (non-hydrogen) atoms. The first kappa shape index (κ1) is 24.7. The molecule has 1 aliphatic heterocycles. The van der Waals surface area contributed by atoms with E-state index in [1.165, 1.54) is 11.0 Å². The molecule has 1 fully saturated rings. The van der Waals surface area contributed by atoms with Gasteiger partial charge >= 0.3 is 0 Å². The van der Waals surface area contributed by atoms with Crippen molar-refractivity contribution in [2.75, 3.05) is 16.6 Å². The van der Waals surface area contributed by atoms with Gasteiger partial charge < -0.3 is 5.32 Å². The molecule has 1 heterocycles. The third-order valence-corrected chi connectivity index (χ3v) is 8.06. The van der Waals surface area contributed by atoms with Crippen molar-refractivity contribution in [1.29, 1.82) is 0 Å². The van der Waals surface area contributed by atoms with Gasteiger partial charge in [-0.25, -0.2) is 8.42 Å². The Hall–Kier alpha value is -3.46. The van der Waals surface area contributed by atoms with Crippen LogP contribution in [0, 0.1) is 32.6 Å². The molecule has 1 saturated heterocycles. The monoisotopic (exact) mass is 495 g/mol. The van der Waals surface area contributed by atoms with Crippen LogP contribution < -0.4 is 10.0 Å². The predicted molar refractivity (Wildman–Crippen MR) is 133 cm³/mol. The maximum absolute atomic E-state index is 13.1. The van der Waals surface area contributed by atoms with Gasteiger partial charge in [-0.2, -0.15) is 0 Å². The minimum Gasteiger partial charge on any atom is -0.326 e. The second kappa shape index (κ2) is 9.65. The van der Waals surface area contributed by atoms with E-state index >= 15 is 0 Å². The van der Waals surface area contributed by atoms with Crippen molar-refractivity contribution in [2.24, 2.45) is 11.8 Å². The molecule has 1 aliphatic carbocycles. The van der Waals surface area contributed by atoms with Crippen molar-refractivity contribution < 1.29 is 22.8 Å². The summed E-state index contributed by atoms with van der Waals surface area (Å²) in [6, 6.07) is 10.1. The van der Waals surface area contributed by atoms with Crippen LogP contribution >= 0.6 is 0 Å². The van der Waals surface area contributed by atoms with Crippen LogP contribution in [-0.2, 0) is 24.4 Å². The number of sulfonamides is 1. The maximum Gasteiger partial charge on any atom is 0.262 e. The molecule has 2 aliphatic rings. The minimum absolute atomic E-state index is 0.00176. The van der Waals surface area contributed by atoms with Crippen LogP contribution in [0.15, 0.2) is 53.4 Å². The predicted octanol–water partition coefficient (Wildman–Crippen LogP) is 3.69. The molecule has 184 valence electrons. The van der Waals surface area contributed by atoms with Gasteiger partial charge in [-0.15, -0.1) is 0 Å². The zero-order chi connectivity index (χ0) is 25.3. The number of likely N-dealkylation sites (tertiary alicyclic amines) is 1. The lowest BCUT2D eigenvalue weighted by Crippen LogP contribution is -2.34. The van der Waals surface area contributed by atoms with Crippen molar-refractivity contribution in [3.8, 4) is 0 Å². The number of aryl methyl sites for hydroxylation is 3. The molecule has 2 aromatic rings. The highest BCUT2D eigenvalue weighted by molar-refractivity contribution is 7.92. The third-order valence-electron chi connectivity index (χ3n) is 6.55. The molecule has 0 bridgehead atoms. The molecule has 2 aromatic carbocycles. The van der Waals surface area contributed by atoms with Gasteiger partial charge in [-0.1, -0.05) is 35.9 Å². The van der Waals surface area contributed by atoms with E-state index < -0.39 is 15.9 Å². The Labute approximate surface area is 205 Å². The average molecular weight is 496 g/mol. The summed E-state index contributed by atoms with van der Waals surface area (Å²) in [6.45, 7) is 5.44. The quantitative estimate of drug-likeness (QED) is 0.449. The summed E-state index contributed by atoms with van der Waals surface area (Å²) >= 11 is 0. The zero-order valence-electron chi connectivity index (χ0n) is 20.0. The Balaban J connectivity index is 1.42. The van der Waals surface area contributed by atoms with E-state index in [0.29, 0.717) is 29.8 Å². The number of benzene rings is 2. The Morgan fingerprint density at radius 2 is 1.60 bits per heavy atom. The SMILES string of the molecule is Cc1ccc(NS(=O)(=O)c2cc(NC(=O)CCN3C(=O)[C@@H]4CC=CC[C@H]4C3=O)ccc2C)c(C)c1. The molecular formula is C26H29N3O5S.